The molecule has 0 aliphatic heterocycles. The van der Waals surface area contributed by atoms with Crippen LogP contribution in [0.5, 0.6) is 0 Å². The van der Waals surface area contributed by atoms with E-state index in [1.165, 1.54) is 0 Å². The van der Waals surface area contributed by atoms with Gasteiger partial charge in [-0.3, -0.25) is 0 Å². The van der Waals surface area contributed by atoms with Gasteiger partial charge in [0.15, 0.2) is 11.6 Å². The second-order valence-corrected chi connectivity index (χ2v) is 5.74. The molecular formula is C10H11F4NO3S. The molecule has 1 N–H and O–H groups in total. The van der Waals surface area contributed by atoms with Crippen molar-refractivity contribution in [1.82, 2.24) is 4.31 Å². The van der Waals surface area contributed by atoms with Crippen molar-refractivity contribution >= 4 is 10.0 Å². The number of halogens is 4. The van der Waals surface area contributed by atoms with Crippen LogP contribution in [-0.4, -0.2) is 37.8 Å². The fourth-order valence-electron chi connectivity index (χ4n) is 1.36. The van der Waals surface area contributed by atoms with Crippen LogP contribution in [0.15, 0.2) is 17.0 Å². The van der Waals surface area contributed by atoms with E-state index >= 15 is 0 Å². The highest BCUT2D eigenvalue weighted by Gasteiger charge is 2.28. The van der Waals surface area contributed by atoms with E-state index in [0.29, 0.717) is 12.1 Å². The molecule has 19 heavy (non-hydrogen) atoms. The predicted octanol–water partition coefficient (Wildman–Crippen LogP) is 1.34. The Kier molecular flexibility index (Phi) is 4.88. The molecular weight excluding hydrogens is 290 g/mol. The number of benzene rings is 1. The Bertz CT molecular complexity index is 562. The van der Waals surface area contributed by atoms with Crippen molar-refractivity contribution in [2.45, 2.75) is 17.9 Å². The number of rotatable bonds is 5. The summed E-state index contributed by atoms with van der Waals surface area (Å²) in [5.41, 5.74) is -0.178. The van der Waals surface area contributed by atoms with Gasteiger partial charge in [0.2, 0.25) is 10.0 Å². The number of alkyl halides is 2. The van der Waals surface area contributed by atoms with E-state index < -0.39 is 46.1 Å². The Hall–Kier alpha value is -1.19. The van der Waals surface area contributed by atoms with Crippen molar-refractivity contribution in [2.24, 2.45) is 0 Å². The van der Waals surface area contributed by atoms with Crippen molar-refractivity contribution < 1.29 is 31.1 Å². The van der Waals surface area contributed by atoms with Gasteiger partial charge in [0.1, 0.15) is 4.90 Å². The van der Waals surface area contributed by atoms with Crippen molar-refractivity contribution in [2.75, 3.05) is 13.6 Å². The molecule has 0 saturated carbocycles. The van der Waals surface area contributed by atoms with Crippen LogP contribution in [0, 0.1) is 11.6 Å². The third kappa shape index (κ3) is 3.43. The van der Waals surface area contributed by atoms with Gasteiger partial charge in [-0.05, 0) is 17.7 Å². The first-order valence-corrected chi connectivity index (χ1v) is 6.47. The SMILES string of the molecule is CN(CC(F)F)S(=O)(=O)c1cc(CO)cc(F)c1F. The number of sulfonamides is 1. The molecule has 1 rings (SSSR count). The molecule has 0 amide bonds. The van der Waals surface area contributed by atoms with Gasteiger partial charge in [-0.25, -0.2) is 26.0 Å². The molecule has 0 spiro atoms. The van der Waals surface area contributed by atoms with Crippen LogP contribution >= 0.6 is 0 Å². The van der Waals surface area contributed by atoms with E-state index in [2.05, 4.69) is 0 Å². The van der Waals surface area contributed by atoms with Gasteiger partial charge in [0, 0.05) is 7.05 Å². The van der Waals surface area contributed by atoms with Crippen LogP contribution in [-0.2, 0) is 16.6 Å². The maximum Gasteiger partial charge on any atom is 0.252 e. The normalized spacial score (nSPS) is 12.4. The first-order chi connectivity index (χ1) is 8.70. The molecule has 0 heterocycles. The minimum atomic E-state index is -4.59. The zero-order chi connectivity index (χ0) is 14.8. The lowest BCUT2D eigenvalue weighted by atomic mass is 10.2. The summed E-state index contributed by atoms with van der Waals surface area (Å²) in [5, 5.41) is 8.81. The lowest BCUT2D eigenvalue weighted by Crippen LogP contribution is -2.32. The summed E-state index contributed by atoms with van der Waals surface area (Å²) in [5.74, 6) is -3.14. The topological polar surface area (TPSA) is 57.6 Å². The number of aliphatic hydroxyl groups is 1. The summed E-state index contributed by atoms with van der Waals surface area (Å²) in [6, 6.07) is 1.33. The smallest absolute Gasteiger partial charge is 0.252 e. The van der Waals surface area contributed by atoms with Gasteiger partial charge >= 0.3 is 0 Å². The Morgan fingerprint density at radius 2 is 1.89 bits per heavy atom. The molecule has 0 fully saturated rings. The van der Waals surface area contributed by atoms with Crippen molar-refractivity contribution in [3.05, 3.63) is 29.3 Å². The van der Waals surface area contributed by atoms with E-state index in [9.17, 15) is 26.0 Å². The van der Waals surface area contributed by atoms with Crippen LogP contribution in [0.2, 0.25) is 0 Å². The molecule has 0 aliphatic carbocycles. The monoisotopic (exact) mass is 301 g/mol. The van der Waals surface area contributed by atoms with Crippen LogP contribution in [0.25, 0.3) is 0 Å². The highest BCUT2D eigenvalue weighted by atomic mass is 32.2. The molecule has 108 valence electrons. The molecule has 0 radical (unpaired) electrons. The van der Waals surface area contributed by atoms with Crippen molar-refractivity contribution in [1.29, 1.82) is 0 Å². The van der Waals surface area contributed by atoms with Crippen molar-refractivity contribution in [3.8, 4) is 0 Å². The molecule has 0 saturated heterocycles. The number of hydrogen-bond acceptors (Lipinski definition) is 3. The fraction of sp³-hybridized carbons (Fsp3) is 0.400. The summed E-state index contributed by atoms with van der Waals surface area (Å²) in [7, 11) is -3.77. The van der Waals surface area contributed by atoms with Crippen LogP contribution in [0.1, 0.15) is 5.56 Å². The molecule has 0 atom stereocenters. The summed E-state index contributed by atoms with van der Waals surface area (Å²) >= 11 is 0. The first-order valence-electron chi connectivity index (χ1n) is 5.03. The van der Waals surface area contributed by atoms with Gasteiger partial charge in [-0.15, -0.1) is 0 Å². The van der Waals surface area contributed by atoms with Gasteiger partial charge in [-0.2, -0.15) is 4.31 Å². The van der Waals surface area contributed by atoms with E-state index in [1.807, 2.05) is 0 Å². The van der Waals surface area contributed by atoms with E-state index in [1.54, 1.807) is 0 Å². The van der Waals surface area contributed by atoms with Crippen LogP contribution in [0.4, 0.5) is 17.6 Å². The largest absolute Gasteiger partial charge is 0.392 e. The minimum Gasteiger partial charge on any atom is -0.392 e. The molecule has 0 aliphatic rings. The van der Waals surface area contributed by atoms with Gasteiger partial charge in [0.25, 0.3) is 6.43 Å². The van der Waals surface area contributed by atoms with Gasteiger partial charge in [0.05, 0.1) is 13.2 Å². The fourth-order valence-corrected chi connectivity index (χ4v) is 2.63. The van der Waals surface area contributed by atoms with Crippen LogP contribution < -0.4 is 0 Å². The van der Waals surface area contributed by atoms with Crippen molar-refractivity contribution in [3.63, 3.8) is 0 Å². The van der Waals surface area contributed by atoms with Gasteiger partial charge < -0.3 is 5.11 Å². The lowest BCUT2D eigenvalue weighted by Gasteiger charge is -2.17. The van der Waals surface area contributed by atoms with E-state index in [0.717, 1.165) is 7.05 Å². The first kappa shape index (κ1) is 15.9. The number of hydrogen-bond donors (Lipinski definition) is 1. The summed E-state index contributed by atoms with van der Waals surface area (Å²) < 4.78 is 74.8. The quantitative estimate of drug-likeness (QED) is 0.835. The highest BCUT2D eigenvalue weighted by Crippen LogP contribution is 2.23. The summed E-state index contributed by atoms with van der Waals surface area (Å²) in [6.07, 6.45) is -2.95. The second kappa shape index (κ2) is 5.85. The Balaban J connectivity index is 3.32. The minimum absolute atomic E-state index is 0.178. The van der Waals surface area contributed by atoms with E-state index in [-0.39, 0.29) is 9.87 Å². The molecule has 4 nitrogen and oxygen atoms in total. The Morgan fingerprint density at radius 1 is 1.32 bits per heavy atom. The third-order valence-corrected chi connectivity index (χ3v) is 4.14. The number of nitrogens with zero attached hydrogens (tertiary/aromatic N) is 1. The van der Waals surface area contributed by atoms with E-state index in [4.69, 9.17) is 5.11 Å². The highest BCUT2D eigenvalue weighted by molar-refractivity contribution is 7.89. The zero-order valence-corrected chi connectivity index (χ0v) is 10.6. The molecule has 1 aromatic rings. The average Bonchev–Trinajstić information content (AvgIpc) is 2.31. The molecule has 0 bridgehead atoms. The van der Waals surface area contributed by atoms with Gasteiger partial charge in [-0.1, -0.05) is 0 Å². The predicted molar refractivity (Wildman–Crippen MR) is 58.1 cm³/mol. The lowest BCUT2D eigenvalue weighted by molar-refractivity contribution is 0.126. The zero-order valence-electron chi connectivity index (χ0n) is 9.78. The Labute approximate surface area is 107 Å². The summed E-state index contributed by atoms with van der Waals surface area (Å²) in [4.78, 5) is -1.08. The number of aliphatic hydroxyl groups excluding tert-OH is 1. The molecule has 1 aromatic carbocycles. The summed E-state index contributed by atoms with van der Waals surface area (Å²) in [6.45, 7) is -1.86. The molecule has 9 heteroatoms. The molecule has 0 unspecified atom stereocenters. The standard InChI is InChI=1S/C10H11F4NO3S/c1-15(4-9(12)13)19(17,18)8-3-6(5-16)2-7(11)10(8)14/h2-3,9,16H,4-5H2,1H3. The van der Waals surface area contributed by atoms with Crippen LogP contribution in [0.3, 0.4) is 0 Å². The molecule has 0 aromatic heterocycles. The second-order valence-electron chi connectivity index (χ2n) is 3.72. The third-order valence-electron chi connectivity index (χ3n) is 2.32. The average molecular weight is 301 g/mol. The Morgan fingerprint density at radius 3 is 2.37 bits per heavy atom. The maximum atomic E-state index is 13.5. The maximum absolute atomic E-state index is 13.5.